The van der Waals surface area contributed by atoms with Gasteiger partial charge in [0.15, 0.2) is 0 Å². The molecule has 154 valence electrons. The number of hydrogen-bond acceptors (Lipinski definition) is 1. The molecule has 3 aliphatic carbocycles. The summed E-state index contributed by atoms with van der Waals surface area (Å²) in [5.41, 5.74) is 2.32. The molecular formula is C26H27ClN2O. The second-order valence-corrected chi connectivity index (χ2v) is 9.33. The van der Waals surface area contributed by atoms with Gasteiger partial charge in [0.25, 0.3) is 0 Å². The molecule has 1 aliphatic heterocycles. The van der Waals surface area contributed by atoms with Crippen molar-refractivity contribution >= 4 is 17.6 Å². The summed E-state index contributed by atoms with van der Waals surface area (Å²) in [6.07, 6.45) is 9.38. The van der Waals surface area contributed by atoms with Crippen LogP contribution >= 0.6 is 11.6 Å². The number of carbonyl (C=O) groups excluding carboxylic acids is 1. The summed E-state index contributed by atoms with van der Waals surface area (Å²) in [7, 11) is 0. The number of nitrogens with zero attached hydrogens (tertiary/aromatic N) is 1. The van der Waals surface area contributed by atoms with Crippen LogP contribution in [0.2, 0.25) is 5.02 Å². The van der Waals surface area contributed by atoms with Gasteiger partial charge in [-0.3, -0.25) is 0 Å². The van der Waals surface area contributed by atoms with Gasteiger partial charge in [0.05, 0.1) is 6.04 Å². The van der Waals surface area contributed by atoms with Crippen molar-refractivity contribution in [1.82, 2.24) is 10.2 Å². The van der Waals surface area contributed by atoms with Gasteiger partial charge in [-0.05, 0) is 48.9 Å². The molecule has 4 atom stereocenters. The van der Waals surface area contributed by atoms with Crippen molar-refractivity contribution < 1.29 is 4.79 Å². The normalized spacial score (nSPS) is 32.2. The van der Waals surface area contributed by atoms with Crippen molar-refractivity contribution in [2.75, 3.05) is 6.54 Å². The number of urea groups is 1. The second kappa shape index (κ2) is 7.31. The van der Waals surface area contributed by atoms with Crippen molar-refractivity contribution in [2.45, 2.75) is 31.8 Å². The molecule has 2 aromatic rings. The smallest absolute Gasteiger partial charge is 0.318 e. The summed E-state index contributed by atoms with van der Waals surface area (Å²) in [6.45, 7) is 4.99. The summed E-state index contributed by atoms with van der Waals surface area (Å²) in [5, 5.41) is 3.98. The minimum Gasteiger partial charge on any atom is -0.331 e. The molecule has 6 rings (SSSR count). The lowest BCUT2D eigenvalue weighted by atomic mass is 9.56. The Kier molecular flexibility index (Phi) is 4.74. The zero-order valence-corrected chi connectivity index (χ0v) is 18.1. The molecule has 1 fully saturated rings. The lowest BCUT2D eigenvalue weighted by Crippen LogP contribution is -2.46. The third kappa shape index (κ3) is 2.99. The lowest BCUT2D eigenvalue weighted by molar-refractivity contribution is 0.182. The Labute approximate surface area is 183 Å². The molecule has 0 radical (unpaired) electrons. The summed E-state index contributed by atoms with van der Waals surface area (Å²) in [5.74, 6) is 1.10. The quantitative estimate of drug-likeness (QED) is 0.613. The first kappa shape index (κ1) is 19.4. The van der Waals surface area contributed by atoms with Crippen molar-refractivity contribution in [3.05, 3.63) is 95.1 Å². The zero-order valence-electron chi connectivity index (χ0n) is 17.3. The topological polar surface area (TPSA) is 32.3 Å². The van der Waals surface area contributed by atoms with Gasteiger partial charge in [-0.2, -0.15) is 0 Å². The van der Waals surface area contributed by atoms with E-state index in [-0.39, 0.29) is 23.5 Å². The Hall–Kier alpha value is -2.52. The maximum Gasteiger partial charge on any atom is 0.318 e. The van der Waals surface area contributed by atoms with E-state index in [1.165, 1.54) is 5.56 Å². The summed E-state index contributed by atoms with van der Waals surface area (Å²) in [6, 6.07) is 18.5. The molecule has 0 aromatic heterocycles. The summed E-state index contributed by atoms with van der Waals surface area (Å²) in [4.78, 5) is 15.3. The fourth-order valence-electron chi connectivity index (χ4n) is 5.73. The van der Waals surface area contributed by atoms with Crippen LogP contribution in [0, 0.1) is 17.3 Å². The van der Waals surface area contributed by atoms with Crippen LogP contribution in [0.4, 0.5) is 4.79 Å². The first-order chi connectivity index (χ1) is 14.5. The molecule has 1 N–H and O–H groups in total. The predicted molar refractivity (Wildman–Crippen MR) is 121 cm³/mol. The first-order valence-corrected chi connectivity index (χ1v) is 11.1. The highest BCUT2D eigenvalue weighted by Crippen LogP contribution is 2.59. The van der Waals surface area contributed by atoms with Crippen LogP contribution in [0.25, 0.3) is 0 Å². The van der Waals surface area contributed by atoms with Crippen LogP contribution in [0.1, 0.15) is 36.9 Å². The summed E-state index contributed by atoms with van der Waals surface area (Å²) < 4.78 is 0. The van der Waals surface area contributed by atoms with Crippen LogP contribution in [-0.2, 0) is 0 Å². The highest BCUT2D eigenvalue weighted by Gasteiger charge is 2.58. The molecular weight excluding hydrogens is 392 g/mol. The fraction of sp³-hybridized carbons (Fsp3) is 0.346. The Morgan fingerprint density at radius 2 is 1.77 bits per heavy atom. The Bertz CT molecular complexity index is 983. The minimum atomic E-state index is -0.105. The molecule has 1 spiro atoms. The number of nitrogens with one attached hydrogen (secondary N) is 1. The standard InChI is InChI=1S/C26H27ClN2O/c1-17(19-6-4-3-5-7-19)28-25(30)29-16-23-24(20-8-10-22(27)11-9-20)21-12-14-26(23,15-13-21)18(29)2/h3-15,17-18,21,23-24H,16H2,1-2H3,(H,28,30)/t17-,18+,21?,23+,24-,26?/m0/s1. The Morgan fingerprint density at radius 1 is 1.10 bits per heavy atom. The van der Waals surface area contributed by atoms with E-state index in [2.05, 4.69) is 60.8 Å². The average Bonchev–Trinajstić information content (AvgIpc) is 3.08. The number of likely N-dealkylation sites (tertiary alicyclic amines) is 1. The number of rotatable bonds is 3. The SMILES string of the molecule is C[C@H](NC(=O)N1C[C@@H]2[C@@H](c3ccc(Cl)cc3)C3C=CC2(C=C3)[C@H]1C)c1ccccc1. The van der Waals surface area contributed by atoms with Gasteiger partial charge in [-0.15, -0.1) is 0 Å². The third-order valence-electron chi connectivity index (χ3n) is 7.44. The van der Waals surface area contributed by atoms with E-state index in [4.69, 9.17) is 11.6 Å². The van der Waals surface area contributed by atoms with Gasteiger partial charge >= 0.3 is 6.03 Å². The number of hydrogen-bond donors (Lipinski definition) is 1. The Morgan fingerprint density at radius 3 is 2.43 bits per heavy atom. The van der Waals surface area contributed by atoms with E-state index in [0.29, 0.717) is 17.8 Å². The first-order valence-electron chi connectivity index (χ1n) is 10.8. The number of carbonyl (C=O) groups is 1. The molecule has 3 nitrogen and oxygen atoms in total. The van der Waals surface area contributed by atoms with E-state index in [9.17, 15) is 4.79 Å². The second-order valence-electron chi connectivity index (χ2n) is 8.89. The van der Waals surface area contributed by atoms with E-state index >= 15 is 0 Å². The monoisotopic (exact) mass is 418 g/mol. The number of allylic oxidation sites excluding steroid dienone is 2. The van der Waals surface area contributed by atoms with Crippen molar-refractivity contribution in [3.63, 3.8) is 0 Å². The van der Waals surface area contributed by atoms with Crippen LogP contribution in [0.5, 0.6) is 0 Å². The fourth-order valence-corrected chi connectivity index (χ4v) is 5.86. The lowest BCUT2D eigenvalue weighted by Gasteiger charge is -2.47. The molecule has 4 heteroatoms. The van der Waals surface area contributed by atoms with Crippen molar-refractivity contribution in [3.8, 4) is 0 Å². The zero-order chi connectivity index (χ0) is 20.9. The van der Waals surface area contributed by atoms with Gasteiger partial charge in [0, 0.05) is 28.9 Å². The Balaban J connectivity index is 1.41. The average molecular weight is 419 g/mol. The predicted octanol–water partition coefficient (Wildman–Crippen LogP) is 5.96. The van der Waals surface area contributed by atoms with Crippen LogP contribution in [0.15, 0.2) is 78.9 Å². The number of benzene rings is 2. The van der Waals surface area contributed by atoms with Gasteiger partial charge in [-0.1, -0.05) is 78.4 Å². The molecule has 4 aliphatic rings. The van der Waals surface area contributed by atoms with E-state index in [1.807, 2.05) is 42.2 Å². The van der Waals surface area contributed by atoms with E-state index in [0.717, 1.165) is 17.1 Å². The molecule has 2 bridgehead atoms. The van der Waals surface area contributed by atoms with E-state index < -0.39 is 0 Å². The minimum absolute atomic E-state index is 0.0164. The third-order valence-corrected chi connectivity index (χ3v) is 7.70. The maximum absolute atomic E-state index is 13.3. The van der Waals surface area contributed by atoms with E-state index in [1.54, 1.807) is 0 Å². The molecule has 0 saturated carbocycles. The van der Waals surface area contributed by atoms with Crippen molar-refractivity contribution in [2.24, 2.45) is 17.3 Å². The number of halogens is 1. The highest BCUT2D eigenvalue weighted by molar-refractivity contribution is 6.30. The van der Waals surface area contributed by atoms with Crippen LogP contribution in [0.3, 0.4) is 0 Å². The molecule has 30 heavy (non-hydrogen) atoms. The summed E-state index contributed by atoms with van der Waals surface area (Å²) >= 11 is 6.14. The molecule has 2 amide bonds. The van der Waals surface area contributed by atoms with Gasteiger partial charge in [0.2, 0.25) is 0 Å². The maximum atomic E-state index is 13.3. The molecule has 1 saturated heterocycles. The van der Waals surface area contributed by atoms with Crippen LogP contribution < -0.4 is 5.32 Å². The highest BCUT2D eigenvalue weighted by atomic mass is 35.5. The largest absolute Gasteiger partial charge is 0.331 e. The van der Waals surface area contributed by atoms with Crippen molar-refractivity contribution in [1.29, 1.82) is 0 Å². The van der Waals surface area contributed by atoms with Gasteiger partial charge in [-0.25, -0.2) is 4.79 Å². The molecule has 1 heterocycles. The molecule has 2 aromatic carbocycles. The molecule has 0 unspecified atom stereocenters. The van der Waals surface area contributed by atoms with Gasteiger partial charge < -0.3 is 10.2 Å². The number of amides is 2. The van der Waals surface area contributed by atoms with Gasteiger partial charge in [0.1, 0.15) is 0 Å². The van der Waals surface area contributed by atoms with Crippen LogP contribution in [-0.4, -0.2) is 23.5 Å².